The molecule has 2 rings (SSSR count). The predicted molar refractivity (Wildman–Crippen MR) is 101 cm³/mol. The first kappa shape index (κ1) is 19.0. The largest absolute Gasteiger partial charge is 0.379 e. The highest BCUT2D eigenvalue weighted by atomic mass is 35.5. The summed E-state index contributed by atoms with van der Waals surface area (Å²) in [7, 11) is 0. The number of ether oxygens (including phenoxy) is 1. The van der Waals surface area contributed by atoms with E-state index in [2.05, 4.69) is 33.5 Å². The van der Waals surface area contributed by atoms with Gasteiger partial charge in [0.05, 0.1) is 13.2 Å². The van der Waals surface area contributed by atoms with E-state index in [0.717, 1.165) is 81.9 Å². The number of aliphatic imine (C=N–C) groups is 1. The van der Waals surface area contributed by atoms with Crippen LogP contribution in [-0.4, -0.2) is 63.3 Å². The van der Waals surface area contributed by atoms with Crippen LogP contribution in [0.5, 0.6) is 0 Å². The van der Waals surface area contributed by atoms with Crippen molar-refractivity contribution in [3.8, 4) is 0 Å². The van der Waals surface area contributed by atoms with Crippen LogP contribution in [0, 0.1) is 0 Å². The minimum atomic E-state index is 0.818. The van der Waals surface area contributed by atoms with Crippen LogP contribution in [0.15, 0.2) is 29.3 Å². The molecule has 1 aromatic rings. The lowest BCUT2D eigenvalue weighted by Gasteiger charge is -2.26. The highest BCUT2D eigenvalue weighted by molar-refractivity contribution is 6.31. The first-order valence-electron chi connectivity index (χ1n) is 8.85. The molecule has 0 amide bonds. The van der Waals surface area contributed by atoms with Crippen LogP contribution in [-0.2, 0) is 11.2 Å². The zero-order chi connectivity index (χ0) is 17.0. The van der Waals surface area contributed by atoms with E-state index in [1.54, 1.807) is 0 Å². The maximum Gasteiger partial charge on any atom is 0.191 e. The number of nitrogens with zero attached hydrogens (tertiary/aromatic N) is 2. The lowest BCUT2D eigenvalue weighted by Crippen LogP contribution is -2.39. The Labute approximate surface area is 150 Å². The SMILES string of the molecule is CCNC(=NCCCN1CCOCC1)NCCc1ccccc1Cl. The summed E-state index contributed by atoms with van der Waals surface area (Å²) in [5.41, 5.74) is 1.16. The van der Waals surface area contributed by atoms with Crippen molar-refractivity contribution in [2.45, 2.75) is 19.8 Å². The molecule has 6 heteroatoms. The van der Waals surface area contributed by atoms with Gasteiger partial charge in [0.25, 0.3) is 0 Å². The molecule has 1 aliphatic rings. The Kier molecular flexibility index (Phi) is 8.95. The Bertz CT molecular complexity index is 504. The van der Waals surface area contributed by atoms with Crippen molar-refractivity contribution in [3.63, 3.8) is 0 Å². The molecule has 0 aliphatic carbocycles. The Balaban J connectivity index is 1.68. The monoisotopic (exact) mass is 352 g/mol. The maximum absolute atomic E-state index is 6.19. The van der Waals surface area contributed by atoms with Crippen LogP contribution < -0.4 is 10.6 Å². The summed E-state index contributed by atoms with van der Waals surface area (Å²) in [6.45, 7) is 9.48. The number of nitrogens with one attached hydrogen (secondary N) is 2. The highest BCUT2D eigenvalue weighted by Gasteiger charge is 2.09. The van der Waals surface area contributed by atoms with Gasteiger partial charge in [-0.1, -0.05) is 29.8 Å². The van der Waals surface area contributed by atoms with Crippen molar-refractivity contribution in [3.05, 3.63) is 34.9 Å². The molecule has 0 unspecified atom stereocenters. The number of halogens is 1. The van der Waals surface area contributed by atoms with E-state index < -0.39 is 0 Å². The third-order valence-electron chi connectivity index (χ3n) is 3.99. The smallest absolute Gasteiger partial charge is 0.191 e. The van der Waals surface area contributed by atoms with Gasteiger partial charge in [0.1, 0.15) is 0 Å². The van der Waals surface area contributed by atoms with Crippen LogP contribution in [0.2, 0.25) is 5.02 Å². The maximum atomic E-state index is 6.19. The molecule has 1 heterocycles. The van der Waals surface area contributed by atoms with Gasteiger partial charge in [-0.25, -0.2) is 0 Å². The van der Waals surface area contributed by atoms with Gasteiger partial charge in [0, 0.05) is 44.3 Å². The average molecular weight is 353 g/mol. The Morgan fingerprint density at radius 3 is 2.79 bits per heavy atom. The van der Waals surface area contributed by atoms with Crippen LogP contribution >= 0.6 is 11.6 Å². The Hall–Kier alpha value is -1.30. The van der Waals surface area contributed by atoms with Crippen molar-refractivity contribution in [1.29, 1.82) is 0 Å². The molecule has 0 atom stereocenters. The van der Waals surface area contributed by atoms with Crippen LogP contribution in [0.25, 0.3) is 0 Å². The van der Waals surface area contributed by atoms with E-state index in [1.807, 2.05) is 18.2 Å². The highest BCUT2D eigenvalue weighted by Crippen LogP contribution is 2.14. The quantitative estimate of drug-likeness (QED) is 0.427. The van der Waals surface area contributed by atoms with Gasteiger partial charge in [-0.2, -0.15) is 0 Å². The molecule has 5 nitrogen and oxygen atoms in total. The number of benzene rings is 1. The lowest BCUT2D eigenvalue weighted by molar-refractivity contribution is 0.0377. The molecule has 0 spiro atoms. The molecule has 1 fully saturated rings. The molecule has 1 aromatic carbocycles. The van der Waals surface area contributed by atoms with Crippen molar-refractivity contribution < 1.29 is 4.74 Å². The molecule has 0 aromatic heterocycles. The van der Waals surface area contributed by atoms with E-state index >= 15 is 0 Å². The van der Waals surface area contributed by atoms with Gasteiger partial charge >= 0.3 is 0 Å². The summed E-state index contributed by atoms with van der Waals surface area (Å²) in [6.07, 6.45) is 1.96. The fourth-order valence-electron chi connectivity index (χ4n) is 2.67. The average Bonchev–Trinajstić information content (AvgIpc) is 2.61. The van der Waals surface area contributed by atoms with E-state index in [9.17, 15) is 0 Å². The summed E-state index contributed by atoms with van der Waals surface area (Å²) >= 11 is 6.19. The minimum Gasteiger partial charge on any atom is -0.379 e. The molecule has 0 saturated carbocycles. The fourth-order valence-corrected chi connectivity index (χ4v) is 2.90. The van der Waals surface area contributed by atoms with E-state index in [4.69, 9.17) is 16.3 Å². The molecular weight excluding hydrogens is 324 g/mol. The first-order chi connectivity index (χ1) is 11.8. The summed E-state index contributed by atoms with van der Waals surface area (Å²) in [4.78, 5) is 7.10. The molecule has 2 N–H and O–H groups in total. The normalized spacial score (nSPS) is 16.2. The lowest BCUT2D eigenvalue weighted by atomic mass is 10.1. The van der Waals surface area contributed by atoms with Crippen molar-refractivity contribution >= 4 is 17.6 Å². The second kappa shape index (κ2) is 11.3. The fraction of sp³-hybridized carbons (Fsp3) is 0.611. The van der Waals surface area contributed by atoms with Crippen LogP contribution in [0.4, 0.5) is 0 Å². The van der Waals surface area contributed by atoms with Crippen LogP contribution in [0.1, 0.15) is 18.9 Å². The number of hydrogen-bond acceptors (Lipinski definition) is 3. The first-order valence-corrected chi connectivity index (χ1v) is 9.23. The zero-order valence-electron chi connectivity index (χ0n) is 14.6. The molecule has 0 radical (unpaired) electrons. The third-order valence-corrected chi connectivity index (χ3v) is 4.36. The second-order valence-electron chi connectivity index (χ2n) is 5.84. The van der Waals surface area contributed by atoms with Gasteiger partial charge < -0.3 is 15.4 Å². The van der Waals surface area contributed by atoms with Gasteiger partial charge in [-0.05, 0) is 31.4 Å². The van der Waals surface area contributed by atoms with Crippen molar-refractivity contribution in [2.24, 2.45) is 4.99 Å². The molecule has 1 aliphatic heterocycles. The summed E-state index contributed by atoms with van der Waals surface area (Å²) in [5.74, 6) is 0.881. The minimum absolute atomic E-state index is 0.818. The molecule has 134 valence electrons. The third kappa shape index (κ3) is 7.07. The Morgan fingerprint density at radius 1 is 1.25 bits per heavy atom. The van der Waals surface area contributed by atoms with Crippen molar-refractivity contribution in [1.82, 2.24) is 15.5 Å². The standard InChI is InChI=1S/C18H29ClN4O/c1-2-20-18(21-9-5-11-23-12-14-24-15-13-23)22-10-8-16-6-3-4-7-17(16)19/h3-4,6-7H,2,5,8-15H2,1H3,(H2,20,21,22). The number of rotatable bonds is 8. The number of guanidine groups is 1. The Morgan fingerprint density at radius 2 is 2.04 bits per heavy atom. The number of hydrogen-bond donors (Lipinski definition) is 2. The molecule has 1 saturated heterocycles. The number of morpholine rings is 1. The predicted octanol–water partition coefficient (Wildman–Crippen LogP) is 2.16. The zero-order valence-corrected chi connectivity index (χ0v) is 15.3. The van der Waals surface area contributed by atoms with Gasteiger partial charge in [0.2, 0.25) is 0 Å². The van der Waals surface area contributed by atoms with Gasteiger partial charge in [-0.15, -0.1) is 0 Å². The van der Waals surface area contributed by atoms with E-state index in [1.165, 1.54) is 0 Å². The summed E-state index contributed by atoms with van der Waals surface area (Å²) in [5, 5.41) is 7.50. The summed E-state index contributed by atoms with van der Waals surface area (Å²) < 4.78 is 5.37. The molecular formula is C18H29ClN4O. The van der Waals surface area contributed by atoms with Gasteiger partial charge in [0.15, 0.2) is 5.96 Å². The topological polar surface area (TPSA) is 48.9 Å². The van der Waals surface area contributed by atoms with E-state index in [-0.39, 0.29) is 0 Å². The van der Waals surface area contributed by atoms with Crippen LogP contribution in [0.3, 0.4) is 0 Å². The second-order valence-corrected chi connectivity index (χ2v) is 6.24. The van der Waals surface area contributed by atoms with Crippen molar-refractivity contribution in [2.75, 3.05) is 52.5 Å². The van der Waals surface area contributed by atoms with Gasteiger partial charge in [-0.3, -0.25) is 9.89 Å². The molecule has 0 bridgehead atoms. The summed E-state index contributed by atoms with van der Waals surface area (Å²) in [6, 6.07) is 7.98. The van der Waals surface area contributed by atoms with E-state index in [0.29, 0.717) is 0 Å². The molecule has 24 heavy (non-hydrogen) atoms.